The maximum atomic E-state index is 13.3. The molecule has 1 saturated heterocycles. The van der Waals surface area contributed by atoms with Crippen LogP contribution in [0.4, 0.5) is 0 Å². The van der Waals surface area contributed by atoms with Crippen molar-refractivity contribution in [3.05, 3.63) is 59.1 Å². The van der Waals surface area contributed by atoms with E-state index in [1.165, 1.54) is 12.8 Å². The number of aromatic amines is 2. The summed E-state index contributed by atoms with van der Waals surface area (Å²) < 4.78 is 0. The van der Waals surface area contributed by atoms with Crippen molar-refractivity contribution in [2.45, 2.75) is 12.8 Å². The van der Waals surface area contributed by atoms with Crippen LogP contribution < -0.4 is 5.32 Å². The van der Waals surface area contributed by atoms with Gasteiger partial charge in [-0.25, -0.2) is 0 Å². The van der Waals surface area contributed by atoms with Crippen molar-refractivity contribution in [2.75, 3.05) is 26.2 Å². The Kier molecular flexibility index (Phi) is 4.40. The number of nitrogens with one attached hydrogen (secondary N) is 3. The molecule has 0 aliphatic carbocycles. The van der Waals surface area contributed by atoms with Crippen molar-refractivity contribution < 1.29 is 4.79 Å². The Morgan fingerprint density at radius 2 is 1.74 bits per heavy atom. The number of para-hydroxylation sites is 1. The summed E-state index contributed by atoms with van der Waals surface area (Å²) >= 11 is 6.25. The number of carbonyl (C=O) groups excluding carboxylic acids is 1. The van der Waals surface area contributed by atoms with Crippen LogP contribution in [0.1, 0.15) is 23.2 Å². The zero-order valence-electron chi connectivity index (χ0n) is 17.1. The van der Waals surface area contributed by atoms with Gasteiger partial charge in [-0.2, -0.15) is 0 Å². The molecule has 6 heteroatoms. The molecule has 0 saturated carbocycles. The van der Waals surface area contributed by atoms with Crippen LogP contribution in [0.3, 0.4) is 0 Å². The quantitative estimate of drug-likeness (QED) is 0.355. The molecule has 0 bridgehead atoms. The highest BCUT2D eigenvalue weighted by Crippen LogP contribution is 2.38. The number of nitrogens with zero attached hydrogens (tertiary/aromatic N) is 1. The first-order chi connectivity index (χ1) is 15.2. The molecule has 31 heavy (non-hydrogen) atoms. The van der Waals surface area contributed by atoms with Crippen LogP contribution in [0.25, 0.3) is 43.6 Å². The molecule has 5 nitrogen and oxygen atoms in total. The van der Waals surface area contributed by atoms with Gasteiger partial charge in [-0.05, 0) is 50.2 Å². The van der Waals surface area contributed by atoms with Crippen molar-refractivity contribution in [3.63, 3.8) is 0 Å². The Bertz CT molecular complexity index is 1460. The first kappa shape index (κ1) is 18.7. The summed E-state index contributed by atoms with van der Waals surface area (Å²) in [5.41, 5.74) is 4.54. The molecule has 0 spiro atoms. The normalized spacial score (nSPS) is 15.0. The Labute approximate surface area is 184 Å². The second-order valence-electron chi connectivity index (χ2n) is 8.39. The molecule has 156 valence electrons. The lowest BCUT2D eigenvalue weighted by Gasteiger charge is -2.15. The third-order valence-corrected chi connectivity index (χ3v) is 6.71. The number of hydrogen-bond acceptors (Lipinski definition) is 2. The summed E-state index contributed by atoms with van der Waals surface area (Å²) in [4.78, 5) is 22.7. The molecule has 1 amide bonds. The first-order valence-electron chi connectivity index (χ1n) is 10.8. The van der Waals surface area contributed by atoms with Crippen LogP contribution in [-0.4, -0.2) is 47.0 Å². The minimum absolute atomic E-state index is 0.0472. The number of fused-ring (bicyclic) bond motifs is 7. The van der Waals surface area contributed by atoms with Crippen LogP contribution in [-0.2, 0) is 0 Å². The highest BCUT2D eigenvalue weighted by Gasteiger charge is 2.20. The van der Waals surface area contributed by atoms with Crippen molar-refractivity contribution in [1.29, 1.82) is 0 Å². The molecule has 1 aliphatic rings. The van der Waals surface area contributed by atoms with Gasteiger partial charge >= 0.3 is 0 Å². The van der Waals surface area contributed by atoms with E-state index in [1.54, 1.807) is 0 Å². The lowest BCUT2D eigenvalue weighted by Crippen LogP contribution is -2.33. The van der Waals surface area contributed by atoms with Gasteiger partial charge in [0.1, 0.15) is 0 Å². The molecule has 3 heterocycles. The summed E-state index contributed by atoms with van der Waals surface area (Å²) in [6, 6.07) is 16.1. The molecule has 0 radical (unpaired) electrons. The fourth-order valence-corrected chi connectivity index (χ4v) is 5.14. The fraction of sp³-hybridized carbons (Fsp3) is 0.240. The standard InChI is InChI=1S/C25H23ClN4O/c26-15-7-8-17-21(13-15)29-24-19(25(31)27-9-12-30-10-3-4-11-30)14-18-16-5-1-2-6-20(16)28-23(18)22(17)24/h1-2,5-8,13-14,28-29H,3-4,9-12H2,(H,27,31). The number of hydrogen-bond donors (Lipinski definition) is 3. The minimum Gasteiger partial charge on any atom is -0.354 e. The summed E-state index contributed by atoms with van der Waals surface area (Å²) in [6.45, 7) is 3.80. The van der Waals surface area contributed by atoms with E-state index < -0.39 is 0 Å². The topological polar surface area (TPSA) is 63.9 Å². The third-order valence-electron chi connectivity index (χ3n) is 6.47. The van der Waals surface area contributed by atoms with Crippen molar-refractivity contribution in [2.24, 2.45) is 0 Å². The number of amides is 1. The largest absolute Gasteiger partial charge is 0.354 e. The van der Waals surface area contributed by atoms with E-state index in [1.807, 2.05) is 36.4 Å². The van der Waals surface area contributed by atoms with Gasteiger partial charge in [-0.3, -0.25) is 4.79 Å². The van der Waals surface area contributed by atoms with E-state index in [4.69, 9.17) is 11.6 Å². The molecule has 6 rings (SSSR count). The molecule has 1 aliphatic heterocycles. The van der Waals surface area contributed by atoms with Gasteiger partial charge in [0.05, 0.1) is 16.6 Å². The third kappa shape index (κ3) is 3.08. The molecule has 2 aromatic heterocycles. The molecule has 3 N–H and O–H groups in total. The molecule has 0 atom stereocenters. The highest BCUT2D eigenvalue weighted by molar-refractivity contribution is 6.33. The fourth-order valence-electron chi connectivity index (χ4n) is 4.97. The van der Waals surface area contributed by atoms with Crippen molar-refractivity contribution in [3.8, 4) is 0 Å². The summed E-state index contributed by atoms with van der Waals surface area (Å²) in [5.74, 6) is -0.0472. The Hall–Kier alpha value is -3.02. The number of benzene rings is 3. The maximum absolute atomic E-state index is 13.3. The highest BCUT2D eigenvalue weighted by atomic mass is 35.5. The summed E-state index contributed by atoms with van der Waals surface area (Å²) in [6.07, 6.45) is 2.51. The van der Waals surface area contributed by atoms with E-state index in [0.29, 0.717) is 17.1 Å². The molecule has 0 unspecified atom stereocenters. The number of rotatable bonds is 4. The average Bonchev–Trinajstić information content (AvgIpc) is 3.49. The Morgan fingerprint density at radius 3 is 2.61 bits per heavy atom. The molecule has 3 aromatic carbocycles. The molecule has 1 fully saturated rings. The van der Waals surface area contributed by atoms with Gasteiger partial charge in [0, 0.05) is 50.7 Å². The number of carbonyl (C=O) groups is 1. The number of aromatic nitrogens is 2. The van der Waals surface area contributed by atoms with Crippen LogP contribution in [0.2, 0.25) is 5.02 Å². The van der Waals surface area contributed by atoms with Crippen molar-refractivity contribution in [1.82, 2.24) is 20.2 Å². The van der Waals surface area contributed by atoms with E-state index in [9.17, 15) is 4.79 Å². The van der Waals surface area contributed by atoms with Gasteiger partial charge in [0.15, 0.2) is 0 Å². The van der Waals surface area contributed by atoms with Gasteiger partial charge in [0.2, 0.25) is 0 Å². The van der Waals surface area contributed by atoms with E-state index in [0.717, 1.165) is 63.2 Å². The Morgan fingerprint density at radius 1 is 0.935 bits per heavy atom. The van der Waals surface area contributed by atoms with Gasteiger partial charge < -0.3 is 20.2 Å². The lowest BCUT2D eigenvalue weighted by atomic mass is 10.0. The van der Waals surface area contributed by atoms with Gasteiger partial charge in [-0.1, -0.05) is 35.9 Å². The van der Waals surface area contributed by atoms with Crippen LogP contribution in [0, 0.1) is 0 Å². The van der Waals surface area contributed by atoms with Gasteiger partial charge in [0.25, 0.3) is 5.91 Å². The van der Waals surface area contributed by atoms with Crippen LogP contribution in [0.5, 0.6) is 0 Å². The number of likely N-dealkylation sites (tertiary alicyclic amines) is 1. The molecular formula is C25H23ClN4O. The van der Waals surface area contributed by atoms with E-state index >= 15 is 0 Å². The Balaban J connectivity index is 1.52. The monoisotopic (exact) mass is 430 g/mol. The predicted octanol–water partition coefficient (Wildman–Crippen LogP) is 5.43. The van der Waals surface area contributed by atoms with E-state index in [-0.39, 0.29) is 5.91 Å². The average molecular weight is 431 g/mol. The summed E-state index contributed by atoms with van der Waals surface area (Å²) in [5, 5.41) is 8.08. The second-order valence-corrected chi connectivity index (χ2v) is 8.82. The minimum atomic E-state index is -0.0472. The smallest absolute Gasteiger partial charge is 0.253 e. The van der Waals surface area contributed by atoms with Crippen LogP contribution >= 0.6 is 11.6 Å². The first-order valence-corrected chi connectivity index (χ1v) is 11.2. The zero-order valence-corrected chi connectivity index (χ0v) is 17.9. The zero-order chi connectivity index (χ0) is 20.9. The van der Waals surface area contributed by atoms with Crippen LogP contribution in [0.15, 0.2) is 48.5 Å². The predicted molar refractivity (Wildman–Crippen MR) is 128 cm³/mol. The number of H-pyrrole nitrogens is 2. The maximum Gasteiger partial charge on any atom is 0.253 e. The van der Waals surface area contributed by atoms with Gasteiger partial charge in [-0.15, -0.1) is 0 Å². The lowest BCUT2D eigenvalue weighted by molar-refractivity contribution is 0.0951. The molecule has 5 aromatic rings. The molecular weight excluding hydrogens is 408 g/mol. The second kappa shape index (κ2) is 7.29. The number of halogens is 1. The summed E-state index contributed by atoms with van der Waals surface area (Å²) in [7, 11) is 0. The van der Waals surface area contributed by atoms with E-state index in [2.05, 4.69) is 32.3 Å². The SMILES string of the molecule is O=C(NCCN1CCCC1)c1cc2c3ccccc3[nH]c2c2c1[nH]c1cc(Cl)ccc12. The van der Waals surface area contributed by atoms with Crippen molar-refractivity contribution >= 4 is 61.1 Å².